The Kier molecular flexibility index (Phi) is 6.98. The first-order valence-electron chi connectivity index (χ1n) is 4.11. The summed E-state index contributed by atoms with van der Waals surface area (Å²) in [6.45, 7) is 2.00. The van der Waals surface area contributed by atoms with Gasteiger partial charge in [0.1, 0.15) is 0 Å². The van der Waals surface area contributed by atoms with Crippen LogP contribution in [-0.2, 0) is 34.2 Å². The molecule has 9 nitrogen and oxygen atoms in total. The van der Waals surface area contributed by atoms with Crippen molar-refractivity contribution in [3.63, 3.8) is 0 Å². The molecular formula is C5H12O9S2. The van der Waals surface area contributed by atoms with Crippen LogP contribution in [0.5, 0.6) is 0 Å². The van der Waals surface area contributed by atoms with Crippen molar-refractivity contribution in [2.24, 2.45) is 0 Å². The lowest BCUT2D eigenvalue weighted by atomic mass is 10.2. The molecule has 1 heterocycles. The van der Waals surface area contributed by atoms with Crippen LogP contribution >= 0.6 is 0 Å². The van der Waals surface area contributed by atoms with Crippen molar-refractivity contribution in [3.8, 4) is 0 Å². The third kappa shape index (κ3) is 13.7. The predicted octanol–water partition coefficient (Wildman–Crippen LogP) is -0.273. The number of ether oxygens (including phenoxy) is 1. The average molecular weight is 280 g/mol. The fourth-order valence-corrected chi connectivity index (χ4v) is 1.32. The van der Waals surface area contributed by atoms with Gasteiger partial charge in [0.2, 0.25) is 0 Å². The molecule has 0 radical (unpaired) electrons. The second kappa shape index (κ2) is 7.11. The molecule has 98 valence electrons. The Hall–Kier alpha value is -0.300. The van der Waals surface area contributed by atoms with Crippen LogP contribution in [0.15, 0.2) is 0 Å². The first-order valence-corrected chi connectivity index (χ1v) is 6.84. The highest BCUT2D eigenvalue weighted by molar-refractivity contribution is 7.83. The highest BCUT2D eigenvalue weighted by atomic mass is 32.3. The van der Waals surface area contributed by atoms with Gasteiger partial charge in [-0.25, -0.2) is 0 Å². The summed E-state index contributed by atoms with van der Waals surface area (Å²) in [5.74, 6) is 0. The fourth-order valence-electron chi connectivity index (χ4n) is 0.757. The van der Waals surface area contributed by atoms with Crippen LogP contribution in [0.1, 0.15) is 19.3 Å². The molecule has 0 amide bonds. The topological polar surface area (TPSA) is 136 Å². The quantitative estimate of drug-likeness (QED) is 0.406. The molecule has 0 atom stereocenters. The van der Waals surface area contributed by atoms with Gasteiger partial charge in [-0.3, -0.25) is 9.11 Å². The second-order valence-corrected chi connectivity index (χ2v) is 4.65. The average Bonchev–Trinajstić information content (AvgIpc) is 2.17. The number of rotatable bonds is 3. The minimum atomic E-state index is -5.02. The van der Waals surface area contributed by atoms with Crippen molar-refractivity contribution < 1.29 is 39.3 Å². The van der Waals surface area contributed by atoms with E-state index in [1.165, 1.54) is 19.3 Å². The Labute approximate surface area is 93.1 Å². The summed E-state index contributed by atoms with van der Waals surface area (Å²) in [4.78, 5) is 0. The highest BCUT2D eigenvalue weighted by Gasteiger charge is 2.13. The van der Waals surface area contributed by atoms with E-state index < -0.39 is 20.8 Å². The summed E-state index contributed by atoms with van der Waals surface area (Å²) in [7, 11) is -10.0. The van der Waals surface area contributed by atoms with Gasteiger partial charge in [-0.15, -0.1) is 0 Å². The maximum absolute atomic E-state index is 9.51. The molecule has 0 aromatic carbocycles. The Morgan fingerprint density at radius 2 is 1.19 bits per heavy atom. The Balaban J connectivity index is 0.000000315. The first-order chi connectivity index (χ1) is 7.21. The van der Waals surface area contributed by atoms with Crippen LogP contribution in [0.3, 0.4) is 0 Å². The minimum Gasteiger partial charge on any atom is -0.381 e. The van der Waals surface area contributed by atoms with E-state index in [4.69, 9.17) is 13.8 Å². The second-order valence-electron chi connectivity index (χ2n) is 2.66. The van der Waals surface area contributed by atoms with E-state index in [0.717, 1.165) is 13.2 Å². The molecule has 16 heavy (non-hydrogen) atoms. The minimum absolute atomic E-state index is 1.00. The molecule has 0 bridgehead atoms. The zero-order valence-corrected chi connectivity index (χ0v) is 9.74. The predicted molar refractivity (Wildman–Crippen MR) is 49.9 cm³/mol. The van der Waals surface area contributed by atoms with E-state index >= 15 is 0 Å². The van der Waals surface area contributed by atoms with E-state index in [0.29, 0.717) is 0 Å². The lowest BCUT2D eigenvalue weighted by Gasteiger charge is -2.08. The Morgan fingerprint density at radius 1 is 0.812 bits per heavy atom. The summed E-state index contributed by atoms with van der Waals surface area (Å²) in [6, 6.07) is 0. The van der Waals surface area contributed by atoms with E-state index in [9.17, 15) is 16.8 Å². The third-order valence-corrected chi connectivity index (χ3v) is 1.84. The SMILES string of the molecule is C1CCOCC1.O=S(=O)(O)OOS(=O)(=O)O. The molecule has 0 aromatic heterocycles. The molecule has 0 aliphatic carbocycles. The van der Waals surface area contributed by atoms with Gasteiger partial charge in [0, 0.05) is 13.2 Å². The number of hydrogen-bond donors (Lipinski definition) is 2. The molecule has 1 fully saturated rings. The van der Waals surface area contributed by atoms with Gasteiger partial charge in [-0.1, -0.05) is 8.67 Å². The molecule has 1 aliphatic heterocycles. The summed E-state index contributed by atoms with van der Waals surface area (Å²) >= 11 is 0. The molecule has 11 heteroatoms. The molecule has 0 saturated carbocycles. The Bertz CT molecular complexity index is 321. The first kappa shape index (κ1) is 15.7. The van der Waals surface area contributed by atoms with E-state index in [1.807, 2.05) is 0 Å². The van der Waals surface area contributed by atoms with Crippen molar-refractivity contribution in [2.45, 2.75) is 19.3 Å². The van der Waals surface area contributed by atoms with Crippen molar-refractivity contribution in [1.29, 1.82) is 0 Å². The fraction of sp³-hybridized carbons (Fsp3) is 1.00. The van der Waals surface area contributed by atoms with Crippen LogP contribution in [0.25, 0.3) is 0 Å². The molecular weight excluding hydrogens is 268 g/mol. The maximum atomic E-state index is 9.51. The molecule has 2 N–H and O–H groups in total. The Morgan fingerprint density at radius 3 is 1.31 bits per heavy atom. The largest absolute Gasteiger partial charge is 0.425 e. The summed E-state index contributed by atoms with van der Waals surface area (Å²) < 4.78 is 63.9. The van der Waals surface area contributed by atoms with Crippen molar-refractivity contribution in [3.05, 3.63) is 0 Å². The lowest BCUT2D eigenvalue weighted by molar-refractivity contribution is -0.105. The van der Waals surface area contributed by atoms with Crippen molar-refractivity contribution in [2.75, 3.05) is 13.2 Å². The van der Waals surface area contributed by atoms with Gasteiger partial charge >= 0.3 is 20.8 Å². The lowest BCUT2D eigenvalue weighted by Crippen LogP contribution is -2.10. The zero-order valence-electron chi connectivity index (χ0n) is 8.10. The molecule has 1 saturated heterocycles. The third-order valence-electron chi connectivity index (χ3n) is 1.28. The van der Waals surface area contributed by atoms with Gasteiger partial charge in [0.05, 0.1) is 0 Å². The van der Waals surface area contributed by atoms with Gasteiger partial charge in [0.15, 0.2) is 0 Å². The molecule has 0 spiro atoms. The van der Waals surface area contributed by atoms with Crippen molar-refractivity contribution >= 4 is 20.8 Å². The van der Waals surface area contributed by atoms with Crippen molar-refractivity contribution in [1.82, 2.24) is 0 Å². The monoisotopic (exact) mass is 280 g/mol. The van der Waals surface area contributed by atoms with E-state index in [2.05, 4.69) is 8.67 Å². The van der Waals surface area contributed by atoms with Crippen LogP contribution < -0.4 is 0 Å². The normalized spacial score (nSPS) is 17.4. The summed E-state index contributed by atoms with van der Waals surface area (Å²) in [5.41, 5.74) is 0. The van der Waals surface area contributed by atoms with Crippen LogP contribution in [0, 0.1) is 0 Å². The highest BCUT2D eigenvalue weighted by Crippen LogP contribution is 2.02. The molecule has 0 unspecified atom stereocenters. The smallest absolute Gasteiger partial charge is 0.381 e. The zero-order chi connectivity index (χ0) is 12.7. The standard InChI is InChI=1S/C5H10O.H2O8S2/c1-2-4-6-5-3-1;1-9(2,3)7-8-10(4,5)6/h1-5H2;(H,1,2,3)(H,4,5,6). The summed E-state index contributed by atoms with van der Waals surface area (Å²) in [5, 5.41) is 0. The van der Waals surface area contributed by atoms with E-state index in [1.54, 1.807) is 0 Å². The van der Waals surface area contributed by atoms with E-state index in [-0.39, 0.29) is 0 Å². The van der Waals surface area contributed by atoms with Crippen LogP contribution in [0.2, 0.25) is 0 Å². The van der Waals surface area contributed by atoms with Gasteiger partial charge < -0.3 is 4.74 Å². The van der Waals surface area contributed by atoms with Gasteiger partial charge in [0.25, 0.3) is 0 Å². The molecule has 0 aromatic rings. The van der Waals surface area contributed by atoms with Gasteiger partial charge in [-0.05, 0) is 19.3 Å². The molecule has 1 rings (SSSR count). The number of hydrogen-bond acceptors (Lipinski definition) is 7. The van der Waals surface area contributed by atoms with Gasteiger partial charge in [-0.2, -0.15) is 16.8 Å². The maximum Gasteiger partial charge on any atom is 0.425 e. The van der Waals surface area contributed by atoms with Crippen LogP contribution in [-0.4, -0.2) is 39.2 Å². The van der Waals surface area contributed by atoms with Crippen LogP contribution in [0.4, 0.5) is 0 Å². The molecule has 1 aliphatic rings. The summed E-state index contributed by atoms with van der Waals surface area (Å²) in [6.07, 6.45) is 3.93.